The normalized spacial score (nSPS) is 14.0. The third kappa shape index (κ3) is 7.04. The molecule has 2 N–H and O–H groups in total. The van der Waals surface area contributed by atoms with Gasteiger partial charge in [0.2, 0.25) is 0 Å². The van der Waals surface area contributed by atoms with Gasteiger partial charge in [0.1, 0.15) is 12.4 Å². The summed E-state index contributed by atoms with van der Waals surface area (Å²) in [5.41, 5.74) is 1.28. The van der Waals surface area contributed by atoms with Crippen LogP contribution in [-0.4, -0.2) is 75.6 Å². The molecule has 0 saturated carbocycles. The van der Waals surface area contributed by atoms with E-state index in [1.165, 1.54) is 7.11 Å². The maximum atomic E-state index is 13.5. The van der Waals surface area contributed by atoms with E-state index in [0.29, 0.717) is 24.3 Å². The smallest absolute Gasteiger partial charge is 0.296 e. The van der Waals surface area contributed by atoms with E-state index < -0.39 is 11.7 Å². The number of Topliss-reactive ketones (excluding diaryl/α,β-unsaturated/α-hetero) is 1. The zero-order valence-electron chi connectivity index (χ0n) is 24.5. The summed E-state index contributed by atoms with van der Waals surface area (Å²) in [6.45, 7) is 12.7. The summed E-state index contributed by atoms with van der Waals surface area (Å²) in [4.78, 5) is 42.0. The van der Waals surface area contributed by atoms with E-state index in [2.05, 4.69) is 15.5 Å². The van der Waals surface area contributed by atoms with Gasteiger partial charge in [-0.15, -0.1) is 0 Å². The average molecular weight is 562 g/mol. The molecule has 41 heavy (non-hydrogen) atoms. The zero-order valence-corrected chi connectivity index (χ0v) is 24.5. The molecule has 0 radical (unpaired) electrons. The fourth-order valence-corrected chi connectivity index (χ4v) is 4.81. The van der Waals surface area contributed by atoms with Gasteiger partial charge in [0.15, 0.2) is 5.75 Å². The van der Waals surface area contributed by atoms with Crippen LogP contribution in [0.5, 0.6) is 11.5 Å². The fourth-order valence-electron chi connectivity index (χ4n) is 4.81. The van der Waals surface area contributed by atoms with Crippen molar-refractivity contribution in [3.8, 4) is 11.5 Å². The molecule has 1 saturated heterocycles. The second kappa shape index (κ2) is 13.1. The molecule has 1 aliphatic rings. The first-order valence-corrected chi connectivity index (χ1v) is 13.9. The lowest BCUT2D eigenvalue weighted by molar-refractivity contribution is -0.112. The molecule has 9 heteroatoms. The van der Waals surface area contributed by atoms with Gasteiger partial charge in [-0.3, -0.25) is 19.3 Å². The number of rotatable bonds is 10. The maximum Gasteiger partial charge on any atom is 0.296 e. The first-order valence-electron chi connectivity index (χ1n) is 13.9. The fraction of sp³-hybridized carbons (Fsp3) is 0.406. The van der Waals surface area contributed by atoms with E-state index in [-0.39, 0.29) is 33.9 Å². The molecule has 3 aromatic carbocycles. The van der Waals surface area contributed by atoms with E-state index in [4.69, 9.17) is 14.2 Å². The minimum absolute atomic E-state index is 0.193. The Morgan fingerprint density at radius 2 is 1.68 bits per heavy atom. The number of hydrogen-bond donors (Lipinski definition) is 2. The standard InChI is InChI=1S/C32H39N3O6/c1-6-33-30(37)25-19-21(32(2,3)4)20-26(29(25)39-5)34-31(38)28(36)24-11-12-27(23-10-8-7-9-22(23)24)41-18-15-35-13-16-40-17-14-35/h7-12,19-20H,6,13-18H2,1-5H3,(H,33,37)(H,34,38). The summed E-state index contributed by atoms with van der Waals surface area (Å²) >= 11 is 0. The molecule has 0 spiro atoms. The quantitative estimate of drug-likeness (QED) is 0.279. The van der Waals surface area contributed by atoms with Crippen molar-refractivity contribution in [2.45, 2.75) is 33.1 Å². The number of ether oxygens (including phenoxy) is 3. The lowest BCUT2D eigenvalue weighted by atomic mass is 9.85. The van der Waals surface area contributed by atoms with Gasteiger partial charge >= 0.3 is 0 Å². The number of carbonyl (C=O) groups is 3. The van der Waals surface area contributed by atoms with Crippen LogP contribution < -0.4 is 20.1 Å². The second-order valence-corrected chi connectivity index (χ2v) is 11.0. The number of nitrogens with zero attached hydrogens (tertiary/aromatic N) is 1. The van der Waals surface area contributed by atoms with Gasteiger partial charge in [-0.1, -0.05) is 45.0 Å². The van der Waals surface area contributed by atoms with Crippen LogP contribution in [0.25, 0.3) is 10.8 Å². The Hall–Kier alpha value is -3.95. The van der Waals surface area contributed by atoms with Crippen molar-refractivity contribution < 1.29 is 28.6 Å². The number of ketones is 1. The molecule has 1 aliphatic heterocycles. The lowest BCUT2D eigenvalue weighted by Gasteiger charge is -2.26. The molecule has 0 aromatic heterocycles. The number of fused-ring (bicyclic) bond motifs is 1. The highest BCUT2D eigenvalue weighted by Crippen LogP contribution is 2.36. The van der Waals surface area contributed by atoms with Gasteiger partial charge in [0.05, 0.1) is 31.6 Å². The van der Waals surface area contributed by atoms with E-state index in [0.717, 1.165) is 43.8 Å². The van der Waals surface area contributed by atoms with Gasteiger partial charge in [0.25, 0.3) is 17.6 Å². The van der Waals surface area contributed by atoms with Crippen molar-refractivity contribution in [1.82, 2.24) is 10.2 Å². The second-order valence-electron chi connectivity index (χ2n) is 11.0. The SMILES string of the molecule is CCNC(=O)c1cc(C(C)(C)C)cc(NC(=O)C(=O)c2ccc(OCCN3CCOCC3)c3ccccc23)c1OC. The molecule has 1 heterocycles. The number of anilines is 1. The van der Waals surface area contributed by atoms with Crippen LogP contribution in [-0.2, 0) is 14.9 Å². The van der Waals surface area contributed by atoms with Crippen molar-refractivity contribution in [2.75, 3.05) is 58.4 Å². The Kier molecular flexibility index (Phi) is 9.62. The molecule has 0 bridgehead atoms. The molecule has 218 valence electrons. The Bertz CT molecular complexity index is 1420. The van der Waals surface area contributed by atoms with Crippen molar-refractivity contribution >= 4 is 34.1 Å². The molecule has 4 rings (SSSR count). The lowest BCUT2D eigenvalue weighted by Crippen LogP contribution is -2.38. The molecular weight excluding hydrogens is 522 g/mol. The molecule has 2 amide bonds. The van der Waals surface area contributed by atoms with Crippen LogP contribution >= 0.6 is 0 Å². The molecule has 1 fully saturated rings. The predicted octanol–water partition coefficient (Wildman–Crippen LogP) is 4.43. The number of nitrogens with one attached hydrogen (secondary N) is 2. The summed E-state index contributed by atoms with van der Waals surface area (Å²) < 4.78 is 17.0. The van der Waals surface area contributed by atoms with Crippen molar-refractivity contribution in [3.05, 3.63) is 65.2 Å². The molecule has 0 atom stereocenters. The zero-order chi connectivity index (χ0) is 29.6. The van der Waals surface area contributed by atoms with Crippen LogP contribution in [0.4, 0.5) is 5.69 Å². The van der Waals surface area contributed by atoms with E-state index in [9.17, 15) is 14.4 Å². The first-order chi connectivity index (χ1) is 19.6. The first kappa shape index (κ1) is 30.0. The van der Waals surface area contributed by atoms with Crippen LogP contribution in [0, 0.1) is 0 Å². The van der Waals surface area contributed by atoms with Gasteiger partial charge < -0.3 is 24.8 Å². The summed E-state index contributed by atoms with van der Waals surface area (Å²) in [6.07, 6.45) is 0. The maximum absolute atomic E-state index is 13.5. The number of amides is 2. The number of benzene rings is 3. The van der Waals surface area contributed by atoms with Gasteiger partial charge in [0, 0.05) is 37.1 Å². The average Bonchev–Trinajstić information content (AvgIpc) is 2.96. The minimum atomic E-state index is -0.831. The highest BCUT2D eigenvalue weighted by molar-refractivity contribution is 6.48. The predicted molar refractivity (Wildman–Crippen MR) is 159 cm³/mol. The molecule has 3 aromatic rings. The number of hydrogen-bond acceptors (Lipinski definition) is 7. The van der Waals surface area contributed by atoms with Crippen LogP contribution in [0.1, 0.15) is 54.0 Å². The minimum Gasteiger partial charge on any atom is -0.494 e. The van der Waals surface area contributed by atoms with Crippen molar-refractivity contribution in [3.63, 3.8) is 0 Å². The Labute approximate surface area is 241 Å². The molecule has 0 aliphatic carbocycles. The highest BCUT2D eigenvalue weighted by Gasteiger charge is 2.26. The monoisotopic (exact) mass is 561 g/mol. The Morgan fingerprint density at radius 1 is 0.976 bits per heavy atom. The topological polar surface area (TPSA) is 106 Å². The van der Waals surface area contributed by atoms with Crippen LogP contribution in [0.2, 0.25) is 0 Å². The van der Waals surface area contributed by atoms with Crippen LogP contribution in [0.3, 0.4) is 0 Å². The van der Waals surface area contributed by atoms with E-state index in [1.807, 2.05) is 45.9 Å². The third-order valence-corrected chi connectivity index (χ3v) is 7.09. The largest absolute Gasteiger partial charge is 0.494 e. The Balaban J connectivity index is 1.60. The number of carbonyl (C=O) groups excluding carboxylic acids is 3. The summed E-state index contributed by atoms with van der Waals surface area (Å²) in [5, 5.41) is 6.87. The van der Waals surface area contributed by atoms with E-state index in [1.54, 1.807) is 30.3 Å². The molecular formula is C32H39N3O6. The van der Waals surface area contributed by atoms with Gasteiger partial charge in [-0.05, 0) is 47.6 Å². The van der Waals surface area contributed by atoms with Gasteiger partial charge in [-0.25, -0.2) is 0 Å². The summed E-state index contributed by atoms with van der Waals surface area (Å²) in [7, 11) is 1.43. The third-order valence-electron chi connectivity index (χ3n) is 7.09. The Morgan fingerprint density at radius 3 is 2.34 bits per heavy atom. The summed E-state index contributed by atoms with van der Waals surface area (Å²) in [6, 6.07) is 14.2. The molecule has 9 nitrogen and oxygen atoms in total. The number of methoxy groups -OCH3 is 1. The summed E-state index contributed by atoms with van der Waals surface area (Å²) in [5.74, 6) is -1.02. The van der Waals surface area contributed by atoms with Crippen molar-refractivity contribution in [1.29, 1.82) is 0 Å². The highest BCUT2D eigenvalue weighted by atomic mass is 16.5. The van der Waals surface area contributed by atoms with Crippen LogP contribution in [0.15, 0.2) is 48.5 Å². The molecule has 0 unspecified atom stereocenters. The van der Waals surface area contributed by atoms with E-state index >= 15 is 0 Å². The van der Waals surface area contributed by atoms with Crippen molar-refractivity contribution in [2.24, 2.45) is 0 Å². The number of morpholine rings is 1. The van der Waals surface area contributed by atoms with Gasteiger partial charge in [-0.2, -0.15) is 0 Å².